The fourth-order valence-electron chi connectivity index (χ4n) is 2.79. The van der Waals surface area contributed by atoms with Crippen LogP contribution < -0.4 is 15.0 Å². The molecule has 4 nitrogen and oxygen atoms in total. The van der Waals surface area contributed by atoms with Crippen LogP contribution in [-0.4, -0.2) is 18.1 Å². The number of carbonyl (C=O) groups excluding carboxylic acids is 1. The number of nitrogens with zero attached hydrogens (tertiary/aromatic N) is 1. The number of aryl methyl sites for hydroxylation is 2. The number of rotatable bonds is 3. The van der Waals surface area contributed by atoms with Gasteiger partial charge in [-0.05, 0) is 73.1 Å². The third-order valence-corrected chi connectivity index (χ3v) is 4.11. The third-order valence-electron chi connectivity index (χ3n) is 3.83. The van der Waals surface area contributed by atoms with E-state index in [0.29, 0.717) is 22.1 Å². The van der Waals surface area contributed by atoms with E-state index >= 15 is 0 Å². The van der Waals surface area contributed by atoms with Crippen LogP contribution in [0.15, 0.2) is 42.1 Å². The van der Waals surface area contributed by atoms with Crippen molar-refractivity contribution in [2.75, 3.05) is 12.0 Å². The van der Waals surface area contributed by atoms with Crippen molar-refractivity contribution in [3.05, 3.63) is 64.6 Å². The Kier molecular flexibility index (Phi) is 4.55. The van der Waals surface area contributed by atoms with E-state index < -0.39 is 5.82 Å². The van der Waals surface area contributed by atoms with Gasteiger partial charge in [0.05, 0.1) is 12.8 Å². The average molecular weight is 356 g/mol. The normalized spacial score (nSPS) is 15.7. The molecule has 2 aromatic carbocycles. The number of halogens is 1. The monoisotopic (exact) mass is 356 g/mol. The Morgan fingerprint density at radius 1 is 1.16 bits per heavy atom. The summed E-state index contributed by atoms with van der Waals surface area (Å²) in [6, 6.07) is 10.3. The summed E-state index contributed by atoms with van der Waals surface area (Å²) in [5, 5.41) is 3.20. The van der Waals surface area contributed by atoms with Gasteiger partial charge in [0.2, 0.25) is 0 Å². The van der Waals surface area contributed by atoms with Crippen molar-refractivity contribution >= 4 is 35.0 Å². The second-order valence-electron chi connectivity index (χ2n) is 5.87. The van der Waals surface area contributed by atoms with Crippen LogP contribution in [0.1, 0.15) is 16.7 Å². The van der Waals surface area contributed by atoms with Crippen LogP contribution in [0.3, 0.4) is 0 Å². The van der Waals surface area contributed by atoms with E-state index in [4.69, 9.17) is 17.0 Å². The lowest BCUT2D eigenvalue weighted by Crippen LogP contribution is -2.30. The van der Waals surface area contributed by atoms with Gasteiger partial charge in [0.25, 0.3) is 5.91 Å². The molecule has 1 aliphatic rings. The number of carbonyl (C=O) groups is 1. The summed E-state index contributed by atoms with van der Waals surface area (Å²) in [6.07, 6.45) is 1.57. The van der Waals surface area contributed by atoms with Crippen LogP contribution in [-0.2, 0) is 4.79 Å². The van der Waals surface area contributed by atoms with Crippen molar-refractivity contribution in [1.29, 1.82) is 0 Å². The maximum absolute atomic E-state index is 13.8. The zero-order valence-electron chi connectivity index (χ0n) is 14.1. The van der Waals surface area contributed by atoms with Gasteiger partial charge in [0.15, 0.2) is 16.7 Å². The lowest BCUT2D eigenvalue weighted by Gasteiger charge is -2.15. The first-order chi connectivity index (χ1) is 11.9. The number of methoxy groups -OCH3 is 1. The molecule has 0 atom stereocenters. The smallest absolute Gasteiger partial charge is 0.281 e. The number of hydrogen-bond acceptors (Lipinski definition) is 3. The van der Waals surface area contributed by atoms with Gasteiger partial charge in [-0.2, -0.15) is 0 Å². The minimum Gasteiger partial charge on any atom is -0.494 e. The summed E-state index contributed by atoms with van der Waals surface area (Å²) in [4.78, 5) is 14.2. The Balaban J connectivity index is 1.94. The first-order valence-corrected chi connectivity index (χ1v) is 8.09. The van der Waals surface area contributed by atoms with Crippen LogP contribution in [0.2, 0.25) is 0 Å². The molecular formula is C19H17FN2O2S. The molecule has 0 radical (unpaired) electrons. The van der Waals surface area contributed by atoms with E-state index in [0.717, 1.165) is 11.1 Å². The van der Waals surface area contributed by atoms with Crippen molar-refractivity contribution in [3.63, 3.8) is 0 Å². The molecule has 0 spiro atoms. The molecule has 1 fully saturated rings. The molecule has 1 heterocycles. The van der Waals surface area contributed by atoms with E-state index in [-0.39, 0.29) is 11.7 Å². The number of hydrogen-bond donors (Lipinski definition) is 1. The highest BCUT2D eigenvalue weighted by atomic mass is 32.1. The summed E-state index contributed by atoms with van der Waals surface area (Å²) >= 11 is 5.30. The third kappa shape index (κ3) is 3.39. The van der Waals surface area contributed by atoms with Crippen LogP contribution in [0.4, 0.5) is 10.1 Å². The topological polar surface area (TPSA) is 41.6 Å². The minimum atomic E-state index is -0.490. The summed E-state index contributed by atoms with van der Waals surface area (Å²) in [7, 11) is 1.40. The molecule has 1 saturated heterocycles. The molecule has 0 aliphatic carbocycles. The van der Waals surface area contributed by atoms with Gasteiger partial charge in [-0.15, -0.1) is 0 Å². The van der Waals surface area contributed by atoms with Gasteiger partial charge in [-0.25, -0.2) is 4.39 Å². The second kappa shape index (κ2) is 6.64. The first kappa shape index (κ1) is 17.1. The summed E-state index contributed by atoms with van der Waals surface area (Å²) in [5.41, 5.74) is 3.64. The number of amides is 1. The molecular weight excluding hydrogens is 339 g/mol. The highest BCUT2D eigenvalue weighted by molar-refractivity contribution is 7.80. The quantitative estimate of drug-likeness (QED) is 0.672. The van der Waals surface area contributed by atoms with E-state index in [1.54, 1.807) is 12.1 Å². The summed E-state index contributed by atoms with van der Waals surface area (Å²) in [6.45, 7) is 3.93. The molecule has 25 heavy (non-hydrogen) atoms. The van der Waals surface area contributed by atoms with Crippen molar-refractivity contribution in [2.45, 2.75) is 13.8 Å². The lowest BCUT2D eigenvalue weighted by molar-refractivity contribution is -0.113. The Hall–Kier alpha value is -2.73. The Morgan fingerprint density at radius 3 is 2.44 bits per heavy atom. The van der Waals surface area contributed by atoms with Crippen molar-refractivity contribution < 1.29 is 13.9 Å². The number of thiocarbonyl (C=S) groups is 1. The van der Waals surface area contributed by atoms with Gasteiger partial charge in [-0.3, -0.25) is 9.69 Å². The zero-order chi connectivity index (χ0) is 18.1. The average Bonchev–Trinajstić information content (AvgIpc) is 2.80. The molecule has 0 aromatic heterocycles. The van der Waals surface area contributed by atoms with Crippen LogP contribution in [0, 0.1) is 19.7 Å². The fraction of sp³-hybridized carbons (Fsp3) is 0.158. The van der Waals surface area contributed by atoms with Gasteiger partial charge in [-0.1, -0.05) is 12.1 Å². The van der Waals surface area contributed by atoms with E-state index in [9.17, 15) is 9.18 Å². The van der Waals surface area contributed by atoms with Crippen molar-refractivity contribution in [3.8, 4) is 5.75 Å². The van der Waals surface area contributed by atoms with Gasteiger partial charge in [0.1, 0.15) is 5.70 Å². The Labute approximate surface area is 150 Å². The Morgan fingerprint density at radius 2 is 1.84 bits per heavy atom. The maximum atomic E-state index is 13.8. The second-order valence-corrected chi connectivity index (χ2v) is 6.26. The van der Waals surface area contributed by atoms with Crippen molar-refractivity contribution in [2.24, 2.45) is 0 Å². The fourth-order valence-corrected chi connectivity index (χ4v) is 3.09. The molecule has 1 N–H and O–H groups in total. The molecule has 2 aromatic rings. The SMILES string of the molecule is COc1ccc(/C=C2\NC(=S)N(c3cc(C)cc(C)c3)C2=O)cc1F. The number of anilines is 1. The van der Waals surface area contributed by atoms with E-state index in [2.05, 4.69) is 5.32 Å². The Bertz CT molecular complexity index is 888. The predicted molar refractivity (Wildman–Crippen MR) is 100 cm³/mol. The van der Waals surface area contributed by atoms with Gasteiger partial charge in [0, 0.05) is 0 Å². The predicted octanol–water partition coefficient (Wildman–Crippen LogP) is 3.71. The maximum Gasteiger partial charge on any atom is 0.281 e. The molecule has 3 rings (SSSR count). The van der Waals surface area contributed by atoms with Crippen LogP contribution >= 0.6 is 12.2 Å². The summed E-state index contributed by atoms with van der Waals surface area (Å²) < 4.78 is 18.7. The molecule has 1 amide bonds. The molecule has 6 heteroatoms. The van der Waals surface area contributed by atoms with Crippen LogP contribution in [0.25, 0.3) is 6.08 Å². The zero-order valence-corrected chi connectivity index (χ0v) is 14.9. The van der Waals surface area contributed by atoms with Gasteiger partial charge >= 0.3 is 0 Å². The summed E-state index contributed by atoms with van der Waals surface area (Å²) in [5.74, 6) is -0.609. The lowest BCUT2D eigenvalue weighted by atomic mass is 10.1. The highest BCUT2D eigenvalue weighted by Crippen LogP contribution is 2.25. The van der Waals surface area contributed by atoms with Crippen LogP contribution in [0.5, 0.6) is 5.75 Å². The molecule has 0 saturated carbocycles. The van der Waals surface area contributed by atoms with Gasteiger partial charge < -0.3 is 10.1 Å². The molecule has 128 valence electrons. The minimum absolute atomic E-state index is 0.153. The number of benzene rings is 2. The largest absolute Gasteiger partial charge is 0.494 e. The number of ether oxygens (including phenoxy) is 1. The highest BCUT2D eigenvalue weighted by Gasteiger charge is 2.32. The molecule has 1 aliphatic heterocycles. The number of nitrogens with one attached hydrogen (secondary N) is 1. The van der Waals surface area contributed by atoms with E-state index in [1.807, 2.05) is 32.0 Å². The van der Waals surface area contributed by atoms with E-state index in [1.165, 1.54) is 24.1 Å². The first-order valence-electron chi connectivity index (χ1n) is 7.68. The molecule has 0 unspecified atom stereocenters. The van der Waals surface area contributed by atoms with Crippen molar-refractivity contribution in [1.82, 2.24) is 5.32 Å². The standard InChI is InChI=1S/C19H17FN2O2S/c1-11-6-12(2)8-14(7-11)22-18(23)16(21-19(22)25)10-13-4-5-17(24-3)15(20)9-13/h4-10H,1-3H3,(H,21,25)/b16-10-. The molecule has 0 bridgehead atoms.